The Labute approximate surface area is 176 Å². The van der Waals surface area contributed by atoms with E-state index in [4.69, 9.17) is 9.47 Å². The second-order valence-electron chi connectivity index (χ2n) is 7.33. The van der Waals surface area contributed by atoms with Gasteiger partial charge in [0, 0.05) is 19.3 Å². The molecule has 1 rings (SSSR count). The lowest BCUT2D eigenvalue weighted by molar-refractivity contribution is -0.142. The third-order valence-electron chi connectivity index (χ3n) is 4.66. The highest BCUT2D eigenvalue weighted by molar-refractivity contribution is 5.74. The minimum Gasteiger partial charge on any atom is -0.452 e. The SMILES string of the molecule is CCCCCCCCCCC#CCOC(=O)CCCC(=O)Oc1ccccc1C. The van der Waals surface area contributed by atoms with Gasteiger partial charge in [-0.25, -0.2) is 0 Å². The highest BCUT2D eigenvalue weighted by Crippen LogP contribution is 2.17. The van der Waals surface area contributed by atoms with Crippen molar-refractivity contribution in [1.29, 1.82) is 0 Å². The second kappa shape index (κ2) is 16.7. The van der Waals surface area contributed by atoms with Crippen LogP contribution >= 0.6 is 0 Å². The molecule has 1 aromatic rings. The first-order valence-electron chi connectivity index (χ1n) is 11.0. The molecule has 0 N–H and O–H groups in total. The zero-order valence-electron chi connectivity index (χ0n) is 18.1. The maximum atomic E-state index is 11.8. The smallest absolute Gasteiger partial charge is 0.311 e. The summed E-state index contributed by atoms with van der Waals surface area (Å²) >= 11 is 0. The van der Waals surface area contributed by atoms with Gasteiger partial charge in [-0.05, 0) is 31.4 Å². The molecule has 1 aromatic carbocycles. The molecule has 0 aromatic heterocycles. The van der Waals surface area contributed by atoms with E-state index in [0.717, 1.165) is 18.4 Å². The van der Waals surface area contributed by atoms with E-state index in [9.17, 15) is 9.59 Å². The van der Waals surface area contributed by atoms with Crippen LogP contribution in [0.4, 0.5) is 0 Å². The van der Waals surface area contributed by atoms with Gasteiger partial charge in [-0.3, -0.25) is 9.59 Å². The Bertz CT molecular complexity index is 654. The zero-order valence-corrected chi connectivity index (χ0v) is 18.1. The summed E-state index contributed by atoms with van der Waals surface area (Å²) in [7, 11) is 0. The van der Waals surface area contributed by atoms with Crippen LogP contribution in [-0.4, -0.2) is 18.5 Å². The number of esters is 2. The van der Waals surface area contributed by atoms with Crippen molar-refractivity contribution in [3.63, 3.8) is 0 Å². The molecule has 0 radical (unpaired) electrons. The van der Waals surface area contributed by atoms with Crippen LogP contribution in [0, 0.1) is 18.8 Å². The van der Waals surface area contributed by atoms with Gasteiger partial charge in [0.05, 0.1) is 0 Å². The van der Waals surface area contributed by atoms with E-state index in [-0.39, 0.29) is 31.4 Å². The summed E-state index contributed by atoms with van der Waals surface area (Å²) in [4.78, 5) is 23.5. The average Bonchev–Trinajstić information content (AvgIpc) is 2.70. The molecule has 0 saturated carbocycles. The van der Waals surface area contributed by atoms with Crippen molar-refractivity contribution in [2.75, 3.05) is 6.61 Å². The number of carbonyl (C=O) groups excluding carboxylic acids is 2. The summed E-state index contributed by atoms with van der Waals surface area (Å²) in [5.74, 6) is 5.85. The van der Waals surface area contributed by atoms with E-state index >= 15 is 0 Å². The van der Waals surface area contributed by atoms with Crippen LogP contribution in [0.2, 0.25) is 0 Å². The lowest BCUT2D eigenvalue weighted by Gasteiger charge is -2.06. The lowest BCUT2D eigenvalue weighted by Crippen LogP contribution is -2.10. The van der Waals surface area contributed by atoms with Gasteiger partial charge in [-0.15, -0.1) is 0 Å². The van der Waals surface area contributed by atoms with E-state index in [2.05, 4.69) is 18.8 Å². The number of para-hydroxylation sites is 1. The molecule has 0 fully saturated rings. The third-order valence-corrected chi connectivity index (χ3v) is 4.66. The molecular weight excluding hydrogens is 364 g/mol. The Kier molecular flexibility index (Phi) is 14.2. The molecule has 29 heavy (non-hydrogen) atoms. The minimum absolute atomic E-state index is 0.128. The first-order valence-corrected chi connectivity index (χ1v) is 11.0. The van der Waals surface area contributed by atoms with Gasteiger partial charge < -0.3 is 9.47 Å². The molecule has 0 aliphatic heterocycles. The van der Waals surface area contributed by atoms with Crippen LogP contribution in [0.25, 0.3) is 0 Å². The van der Waals surface area contributed by atoms with Crippen LogP contribution in [0.15, 0.2) is 24.3 Å². The lowest BCUT2D eigenvalue weighted by atomic mass is 10.1. The highest BCUT2D eigenvalue weighted by Gasteiger charge is 2.09. The number of benzene rings is 1. The minimum atomic E-state index is -0.336. The van der Waals surface area contributed by atoms with Gasteiger partial charge in [0.15, 0.2) is 6.61 Å². The van der Waals surface area contributed by atoms with E-state index in [1.54, 1.807) is 6.07 Å². The zero-order chi connectivity index (χ0) is 21.2. The maximum Gasteiger partial charge on any atom is 0.311 e. The Morgan fingerprint density at radius 3 is 2.21 bits per heavy atom. The molecule has 0 amide bonds. The second-order valence-corrected chi connectivity index (χ2v) is 7.33. The van der Waals surface area contributed by atoms with Crippen molar-refractivity contribution in [1.82, 2.24) is 0 Å². The van der Waals surface area contributed by atoms with Crippen molar-refractivity contribution < 1.29 is 19.1 Å². The quantitative estimate of drug-likeness (QED) is 0.163. The molecule has 0 bridgehead atoms. The molecule has 0 heterocycles. The summed E-state index contributed by atoms with van der Waals surface area (Å²) in [5, 5.41) is 0. The van der Waals surface area contributed by atoms with E-state index in [1.807, 2.05) is 25.1 Å². The molecule has 4 nitrogen and oxygen atoms in total. The van der Waals surface area contributed by atoms with Gasteiger partial charge in [-0.2, -0.15) is 0 Å². The van der Waals surface area contributed by atoms with Crippen molar-refractivity contribution in [2.24, 2.45) is 0 Å². The number of hydrogen-bond donors (Lipinski definition) is 0. The largest absolute Gasteiger partial charge is 0.452 e. The monoisotopic (exact) mass is 400 g/mol. The van der Waals surface area contributed by atoms with Gasteiger partial charge >= 0.3 is 11.9 Å². The van der Waals surface area contributed by atoms with Gasteiger partial charge in [-0.1, -0.05) is 81.9 Å². The number of unbranched alkanes of at least 4 members (excludes halogenated alkanes) is 8. The third kappa shape index (κ3) is 13.5. The fourth-order valence-corrected chi connectivity index (χ4v) is 2.90. The molecule has 0 saturated heterocycles. The van der Waals surface area contributed by atoms with Crippen molar-refractivity contribution >= 4 is 11.9 Å². The predicted molar refractivity (Wildman–Crippen MR) is 117 cm³/mol. The molecule has 0 spiro atoms. The fourth-order valence-electron chi connectivity index (χ4n) is 2.90. The predicted octanol–water partition coefficient (Wildman–Crippen LogP) is 6.15. The van der Waals surface area contributed by atoms with Crippen LogP contribution in [0.1, 0.15) is 89.5 Å². The van der Waals surface area contributed by atoms with E-state index in [0.29, 0.717) is 12.2 Å². The Morgan fingerprint density at radius 2 is 1.48 bits per heavy atom. The topological polar surface area (TPSA) is 52.6 Å². The Balaban J connectivity index is 1.98. The number of carbonyl (C=O) groups is 2. The highest BCUT2D eigenvalue weighted by atomic mass is 16.5. The average molecular weight is 401 g/mol. The number of ether oxygens (including phenoxy) is 2. The van der Waals surface area contributed by atoms with Crippen LogP contribution < -0.4 is 4.74 Å². The molecule has 0 aliphatic rings. The molecular formula is C25H36O4. The number of aryl methyl sites for hydroxylation is 1. The Morgan fingerprint density at radius 1 is 0.828 bits per heavy atom. The van der Waals surface area contributed by atoms with Crippen LogP contribution in [0.3, 0.4) is 0 Å². The fraction of sp³-hybridized carbons (Fsp3) is 0.600. The molecule has 0 unspecified atom stereocenters. The summed E-state index contributed by atoms with van der Waals surface area (Å²) < 4.78 is 10.4. The van der Waals surface area contributed by atoms with E-state index < -0.39 is 0 Å². The summed E-state index contributed by atoms with van der Waals surface area (Å²) in [5.41, 5.74) is 0.908. The van der Waals surface area contributed by atoms with Gasteiger partial charge in [0.2, 0.25) is 0 Å². The van der Waals surface area contributed by atoms with Crippen LogP contribution in [-0.2, 0) is 14.3 Å². The maximum absolute atomic E-state index is 11.8. The summed E-state index contributed by atoms with van der Waals surface area (Å²) in [6.07, 6.45) is 11.9. The molecule has 0 aliphatic carbocycles. The summed E-state index contributed by atoms with van der Waals surface area (Å²) in [6, 6.07) is 7.35. The number of hydrogen-bond acceptors (Lipinski definition) is 4. The molecule has 0 atom stereocenters. The number of rotatable bonds is 14. The molecule has 160 valence electrons. The van der Waals surface area contributed by atoms with Crippen molar-refractivity contribution in [2.45, 2.75) is 90.9 Å². The first-order chi connectivity index (χ1) is 14.1. The van der Waals surface area contributed by atoms with Gasteiger partial charge in [0.25, 0.3) is 0 Å². The van der Waals surface area contributed by atoms with E-state index in [1.165, 1.54) is 44.9 Å². The summed E-state index contributed by atoms with van der Waals surface area (Å²) in [6.45, 7) is 4.25. The first kappa shape index (κ1) is 24.8. The van der Waals surface area contributed by atoms with Gasteiger partial charge in [0.1, 0.15) is 5.75 Å². The molecule has 4 heteroatoms. The normalized spacial score (nSPS) is 10.1. The van der Waals surface area contributed by atoms with Crippen molar-refractivity contribution in [3.05, 3.63) is 29.8 Å². The Hall–Kier alpha value is -2.28. The van der Waals surface area contributed by atoms with Crippen LogP contribution in [0.5, 0.6) is 5.75 Å². The standard InChI is InChI=1S/C25H36O4/c1-3-4-5-6-7-8-9-10-11-12-15-21-28-24(26)19-16-20-25(27)29-23-18-14-13-17-22(23)2/h13-14,17-18H,3-11,16,19-21H2,1-2H3. The van der Waals surface area contributed by atoms with Crippen molar-refractivity contribution in [3.8, 4) is 17.6 Å².